The quantitative estimate of drug-likeness (QED) is 0.840. The summed E-state index contributed by atoms with van der Waals surface area (Å²) in [6.45, 7) is 1.67. The molecule has 2 nitrogen and oxygen atoms in total. The fourth-order valence-corrected chi connectivity index (χ4v) is 3.53. The van der Waals surface area contributed by atoms with Gasteiger partial charge in [-0.2, -0.15) is 0 Å². The van der Waals surface area contributed by atoms with Crippen molar-refractivity contribution in [3.63, 3.8) is 0 Å². The highest BCUT2D eigenvalue weighted by molar-refractivity contribution is 9.10. The number of nitrogens with two attached hydrogens (primary N) is 1. The molecule has 1 aromatic heterocycles. The molecule has 1 aliphatic carbocycles. The molecule has 1 atom stereocenters. The molecule has 1 unspecified atom stereocenters. The van der Waals surface area contributed by atoms with Gasteiger partial charge in [-0.05, 0) is 40.9 Å². The molecule has 1 aliphatic rings. The summed E-state index contributed by atoms with van der Waals surface area (Å²) in [6, 6.07) is 2.31. The highest BCUT2D eigenvalue weighted by atomic mass is 79.9. The molecule has 3 N–H and O–H groups in total. The molecule has 0 saturated heterocycles. The van der Waals surface area contributed by atoms with Crippen LogP contribution in [-0.4, -0.2) is 13.1 Å². The smallest absolute Gasteiger partial charge is 0.107 e. The third kappa shape index (κ3) is 3.44. The Labute approximate surface area is 114 Å². The summed E-state index contributed by atoms with van der Waals surface area (Å²) in [4.78, 5) is 1.22. The van der Waals surface area contributed by atoms with Crippen molar-refractivity contribution in [2.45, 2.75) is 25.3 Å². The van der Waals surface area contributed by atoms with Gasteiger partial charge in [0.1, 0.15) is 4.34 Å². The molecular formula is C11H16BrClN2S. The fourth-order valence-electron chi connectivity index (χ4n) is 1.70. The van der Waals surface area contributed by atoms with Crippen molar-refractivity contribution in [2.24, 2.45) is 11.7 Å². The van der Waals surface area contributed by atoms with Gasteiger partial charge in [0.2, 0.25) is 0 Å². The van der Waals surface area contributed by atoms with Crippen molar-refractivity contribution in [1.29, 1.82) is 0 Å². The molecule has 0 radical (unpaired) electrons. The predicted molar refractivity (Wildman–Crippen MR) is 74.2 cm³/mol. The fraction of sp³-hybridized carbons (Fsp3) is 0.636. The summed E-state index contributed by atoms with van der Waals surface area (Å²) in [5.74, 6) is 0.963. The summed E-state index contributed by atoms with van der Waals surface area (Å²) in [5.41, 5.74) is 5.78. The largest absolute Gasteiger partial charge is 0.329 e. The molecule has 0 spiro atoms. The summed E-state index contributed by atoms with van der Waals surface area (Å²) < 4.78 is 1.77. The van der Waals surface area contributed by atoms with Gasteiger partial charge < -0.3 is 11.1 Å². The van der Waals surface area contributed by atoms with E-state index in [0.29, 0.717) is 6.54 Å². The molecule has 0 amide bonds. The number of nitrogens with one attached hydrogen (secondary N) is 1. The van der Waals surface area contributed by atoms with Gasteiger partial charge in [-0.15, -0.1) is 11.3 Å². The van der Waals surface area contributed by atoms with Gasteiger partial charge in [0.25, 0.3) is 0 Å². The van der Waals surface area contributed by atoms with E-state index in [1.54, 1.807) is 11.3 Å². The Balaban J connectivity index is 1.87. The Morgan fingerprint density at radius 3 is 2.88 bits per heavy atom. The van der Waals surface area contributed by atoms with Crippen molar-refractivity contribution in [1.82, 2.24) is 5.32 Å². The Hall–Kier alpha value is 0.390. The number of thiophene rings is 1. The number of halogens is 2. The van der Waals surface area contributed by atoms with Crippen LogP contribution in [0.3, 0.4) is 0 Å². The molecule has 1 saturated carbocycles. The van der Waals surface area contributed by atoms with Crippen LogP contribution < -0.4 is 11.1 Å². The van der Waals surface area contributed by atoms with E-state index in [4.69, 9.17) is 17.3 Å². The highest BCUT2D eigenvalue weighted by Gasteiger charge is 2.21. The van der Waals surface area contributed by atoms with Crippen LogP contribution >= 0.6 is 38.9 Å². The monoisotopic (exact) mass is 322 g/mol. The van der Waals surface area contributed by atoms with Crippen LogP contribution in [0.25, 0.3) is 0 Å². The van der Waals surface area contributed by atoms with Crippen LogP contribution in [0.15, 0.2) is 10.5 Å². The zero-order valence-electron chi connectivity index (χ0n) is 9.01. The first-order chi connectivity index (χ1) is 7.70. The highest BCUT2D eigenvalue weighted by Crippen LogP contribution is 2.35. The van der Waals surface area contributed by atoms with E-state index in [9.17, 15) is 0 Å². The van der Waals surface area contributed by atoms with Crippen molar-refractivity contribution in [3.05, 3.63) is 19.8 Å². The first-order valence-electron chi connectivity index (χ1n) is 5.59. The molecule has 0 aromatic carbocycles. The predicted octanol–water partition coefficient (Wildman–Crippen LogP) is 3.55. The van der Waals surface area contributed by atoms with Gasteiger partial charge in [-0.25, -0.2) is 0 Å². The molecule has 1 aromatic rings. The van der Waals surface area contributed by atoms with Crippen LogP contribution in [0.2, 0.25) is 4.34 Å². The second kappa shape index (κ2) is 5.83. The number of hydrogen-bond donors (Lipinski definition) is 2. The Morgan fingerprint density at radius 1 is 1.62 bits per heavy atom. The van der Waals surface area contributed by atoms with Crippen molar-refractivity contribution in [3.8, 4) is 0 Å². The zero-order valence-corrected chi connectivity index (χ0v) is 12.2. The van der Waals surface area contributed by atoms with E-state index in [-0.39, 0.29) is 6.04 Å². The summed E-state index contributed by atoms with van der Waals surface area (Å²) in [5, 5.41) is 3.50. The van der Waals surface area contributed by atoms with E-state index in [2.05, 4.69) is 27.3 Å². The minimum atomic E-state index is 0.243. The molecule has 1 heterocycles. The number of rotatable bonds is 6. The van der Waals surface area contributed by atoms with Crippen LogP contribution in [0.4, 0.5) is 0 Å². The normalized spacial score (nSPS) is 17.7. The first-order valence-corrected chi connectivity index (χ1v) is 7.57. The van der Waals surface area contributed by atoms with Crippen molar-refractivity contribution >= 4 is 38.9 Å². The molecule has 90 valence electrons. The van der Waals surface area contributed by atoms with E-state index >= 15 is 0 Å². The van der Waals surface area contributed by atoms with Crippen molar-refractivity contribution in [2.75, 3.05) is 13.1 Å². The maximum atomic E-state index is 6.03. The zero-order chi connectivity index (χ0) is 11.5. The van der Waals surface area contributed by atoms with Crippen LogP contribution in [0.5, 0.6) is 0 Å². The lowest BCUT2D eigenvalue weighted by Gasteiger charge is -2.14. The second-order valence-corrected chi connectivity index (χ2v) is 6.79. The molecule has 5 heteroatoms. The standard InChI is InChI=1S/C11H16BrClN2S/c12-8-5-10(16-11(8)13)9(6-14)15-4-3-7-1-2-7/h5,7,9,15H,1-4,6,14H2. The SMILES string of the molecule is NCC(NCCC1CC1)c1cc(Br)c(Cl)s1. The van der Waals surface area contributed by atoms with Crippen LogP contribution in [0.1, 0.15) is 30.2 Å². The lowest BCUT2D eigenvalue weighted by molar-refractivity contribution is 0.522. The second-order valence-electron chi connectivity index (χ2n) is 4.24. The van der Waals surface area contributed by atoms with Crippen LogP contribution in [-0.2, 0) is 0 Å². The minimum Gasteiger partial charge on any atom is -0.329 e. The average Bonchev–Trinajstić information content (AvgIpc) is 3.02. The maximum absolute atomic E-state index is 6.03. The van der Waals surface area contributed by atoms with Gasteiger partial charge in [-0.1, -0.05) is 24.4 Å². The molecule has 1 fully saturated rings. The Morgan fingerprint density at radius 2 is 2.38 bits per heavy atom. The average molecular weight is 324 g/mol. The molecule has 0 aliphatic heterocycles. The Kier molecular flexibility index (Phi) is 4.67. The minimum absolute atomic E-state index is 0.243. The molecule has 16 heavy (non-hydrogen) atoms. The van der Waals surface area contributed by atoms with Crippen LogP contribution in [0, 0.1) is 5.92 Å². The van der Waals surface area contributed by atoms with E-state index < -0.39 is 0 Å². The van der Waals surface area contributed by atoms with Gasteiger partial charge >= 0.3 is 0 Å². The molecular weight excluding hydrogens is 308 g/mol. The Bertz CT molecular complexity index is 332. The molecule has 0 bridgehead atoms. The molecule has 2 rings (SSSR count). The summed E-state index contributed by atoms with van der Waals surface area (Å²) in [6.07, 6.45) is 4.09. The topological polar surface area (TPSA) is 38.0 Å². The van der Waals surface area contributed by atoms with Gasteiger partial charge in [0.15, 0.2) is 0 Å². The summed E-state index contributed by atoms with van der Waals surface area (Å²) >= 11 is 11.1. The van der Waals surface area contributed by atoms with E-state index in [1.165, 1.54) is 24.1 Å². The third-order valence-electron chi connectivity index (χ3n) is 2.88. The lowest BCUT2D eigenvalue weighted by atomic mass is 10.2. The van der Waals surface area contributed by atoms with Crippen molar-refractivity contribution < 1.29 is 0 Å². The van der Waals surface area contributed by atoms with E-state index in [0.717, 1.165) is 21.3 Å². The maximum Gasteiger partial charge on any atom is 0.107 e. The summed E-state index contributed by atoms with van der Waals surface area (Å²) in [7, 11) is 0. The van der Waals surface area contributed by atoms with Gasteiger partial charge in [0, 0.05) is 15.9 Å². The third-order valence-corrected chi connectivity index (χ3v) is 5.47. The lowest BCUT2D eigenvalue weighted by Crippen LogP contribution is -2.28. The first kappa shape index (κ1) is 12.8. The van der Waals surface area contributed by atoms with Gasteiger partial charge in [0.05, 0.1) is 6.04 Å². The van der Waals surface area contributed by atoms with Gasteiger partial charge in [-0.3, -0.25) is 0 Å². The van der Waals surface area contributed by atoms with E-state index in [1.807, 2.05) is 0 Å². The number of hydrogen-bond acceptors (Lipinski definition) is 3.